The predicted octanol–water partition coefficient (Wildman–Crippen LogP) is 4.84. The van der Waals surface area contributed by atoms with E-state index in [2.05, 4.69) is 60.5 Å². The number of anilines is 1. The molecule has 0 saturated carbocycles. The van der Waals surface area contributed by atoms with Crippen molar-refractivity contribution in [1.82, 2.24) is 4.98 Å². The van der Waals surface area contributed by atoms with Crippen LogP contribution in [0.3, 0.4) is 0 Å². The summed E-state index contributed by atoms with van der Waals surface area (Å²) in [5.41, 5.74) is 2.17. The minimum Gasteiger partial charge on any atom is -0.378 e. The van der Waals surface area contributed by atoms with E-state index in [0.29, 0.717) is 0 Å². The zero-order valence-corrected chi connectivity index (χ0v) is 13.3. The molecular formula is C12H12Br2N2S. The Labute approximate surface area is 122 Å². The van der Waals surface area contributed by atoms with Crippen LogP contribution in [0.1, 0.15) is 17.6 Å². The topological polar surface area (TPSA) is 24.9 Å². The van der Waals surface area contributed by atoms with Gasteiger partial charge in [0.2, 0.25) is 0 Å². The fourth-order valence-corrected chi connectivity index (χ4v) is 2.90. The first-order chi connectivity index (χ1) is 8.19. The van der Waals surface area contributed by atoms with Gasteiger partial charge in [0.05, 0.1) is 17.2 Å². The van der Waals surface area contributed by atoms with E-state index in [0.717, 1.165) is 33.3 Å². The number of rotatable bonds is 4. The smallest absolute Gasteiger partial charge is 0.0926 e. The number of aryl methyl sites for hydroxylation is 1. The SMILES string of the molecule is CCc1nc(CNc2cc(Br)ccc2Br)cs1. The first kappa shape index (κ1) is 13.1. The first-order valence-corrected chi connectivity index (χ1v) is 7.78. The summed E-state index contributed by atoms with van der Waals surface area (Å²) < 4.78 is 2.13. The molecule has 0 atom stereocenters. The summed E-state index contributed by atoms with van der Waals surface area (Å²) in [6.07, 6.45) is 1.01. The summed E-state index contributed by atoms with van der Waals surface area (Å²) in [5, 5.41) is 6.67. The van der Waals surface area contributed by atoms with Crippen LogP contribution in [0.15, 0.2) is 32.5 Å². The molecule has 5 heteroatoms. The molecule has 0 spiro atoms. The molecular weight excluding hydrogens is 364 g/mol. The summed E-state index contributed by atoms with van der Waals surface area (Å²) in [6, 6.07) is 6.08. The molecule has 90 valence electrons. The summed E-state index contributed by atoms with van der Waals surface area (Å²) in [4.78, 5) is 4.52. The number of benzene rings is 1. The van der Waals surface area contributed by atoms with E-state index in [1.165, 1.54) is 5.01 Å². The highest BCUT2D eigenvalue weighted by Crippen LogP contribution is 2.26. The maximum atomic E-state index is 4.52. The second-order valence-corrected chi connectivity index (χ2v) is 6.28. The van der Waals surface area contributed by atoms with Crippen LogP contribution >= 0.6 is 43.2 Å². The normalized spacial score (nSPS) is 10.5. The molecule has 2 rings (SSSR count). The number of nitrogens with zero attached hydrogens (tertiary/aromatic N) is 1. The van der Waals surface area contributed by atoms with Gasteiger partial charge in [0.1, 0.15) is 0 Å². The maximum Gasteiger partial charge on any atom is 0.0926 e. The fourth-order valence-electron chi connectivity index (χ4n) is 1.41. The quantitative estimate of drug-likeness (QED) is 0.826. The third-order valence-corrected chi connectivity index (χ3v) is 4.52. The van der Waals surface area contributed by atoms with Crippen molar-refractivity contribution in [2.75, 3.05) is 5.32 Å². The van der Waals surface area contributed by atoms with E-state index < -0.39 is 0 Å². The highest BCUT2D eigenvalue weighted by Gasteiger charge is 2.03. The number of hydrogen-bond donors (Lipinski definition) is 1. The molecule has 1 N–H and O–H groups in total. The average molecular weight is 376 g/mol. The minimum absolute atomic E-state index is 0.756. The van der Waals surface area contributed by atoms with Gasteiger partial charge in [-0.05, 0) is 40.5 Å². The van der Waals surface area contributed by atoms with Gasteiger partial charge in [0.25, 0.3) is 0 Å². The molecule has 0 saturated heterocycles. The molecule has 0 radical (unpaired) electrons. The molecule has 2 nitrogen and oxygen atoms in total. The third kappa shape index (κ3) is 3.53. The molecule has 2 aromatic rings. The molecule has 1 heterocycles. The van der Waals surface area contributed by atoms with Gasteiger partial charge in [-0.3, -0.25) is 0 Å². The van der Waals surface area contributed by atoms with Crippen molar-refractivity contribution < 1.29 is 0 Å². The van der Waals surface area contributed by atoms with E-state index in [-0.39, 0.29) is 0 Å². The molecule has 1 aromatic heterocycles. The predicted molar refractivity (Wildman–Crippen MR) is 80.7 cm³/mol. The van der Waals surface area contributed by atoms with Gasteiger partial charge in [-0.2, -0.15) is 0 Å². The zero-order valence-electron chi connectivity index (χ0n) is 9.34. The standard InChI is InChI=1S/C12H12Br2N2S/c1-2-12-16-9(7-17-12)6-15-11-5-8(13)3-4-10(11)14/h3-5,7,15H,2,6H2,1H3. The Kier molecular flexibility index (Phi) is 4.59. The number of nitrogens with one attached hydrogen (secondary N) is 1. The van der Waals surface area contributed by atoms with E-state index >= 15 is 0 Å². The molecule has 1 aromatic carbocycles. The summed E-state index contributed by atoms with van der Waals surface area (Å²) in [7, 11) is 0. The number of hydrogen-bond acceptors (Lipinski definition) is 3. The van der Waals surface area contributed by atoms with Crippen molar-refractivity contribution >= 4 is 48.9 Å². The Balaban J connectivity index is 2.04. The Morgan fingerprint density at radius 3 is 2.88 bits per heavy atom. The third-order valence-electron chi connectivity index (χ3n) is 2.29. The number of halogens is 2. The summed E-state index contributed by atoms with van der Waals surface area (Å²) >= 11 is 8.71. The van der Waals surface area contributed by atoms with E-state index in [4.69, 9.17) is 0 Å². The van der Waals surface area contributed by atoms with Crippen LogP contribution < -0.4 is 5.32 Å². The van der Waals surface area contributed by atoms with Gasteiger partial charge in [0.15, 0.2) is 0 Å². The number of thiazole rings is 1. The summed E-state index contributed by atoms with van der Waals surface area (Å²) in [6.45, 7) is 2.88. The Hall–Kier alpha value is -0.390. The van der Waals surface area contributed by atoms with Crippen LogP contribution in [-0.2, 0) is 13.0 Å². The molecule has 0 fully saturated rings. The molecule has 0 aliphatic carbocycles. The van der Waals surface area contributed by atoms with Crippen molar-refractivity contribution in [2.45, 2.75) is 19.9 Å². The molecule has 0 aliphatic rings. The number of aromatic nitrogens is 1. The monoisotopic (exact) mass is 374 g/mol. The second-order valence-electron chi connectivity index (χ2n) is 3.56. The molecule has 0 aliphatic heterocycles. The van der Waals surface area contributed by atoms with Crippen LogP contribution in [-0.4, -0.2) is 4.98 Å². The van der Waals surface area contributed by atoms with E-state index in [1.54, 1.807) is 11.3 Å². The second kappa shape index (κ2) is 5.98. The van der Waals surface area contributed by atoms with Gasteiger partial charge in [-0.1, -0.05) is 22.9 Å². The molecule has 17 heavy (non-hydrogen) atoms. The van der Waals surface area contributed by atoms with Gasteiger partial charge in [0, 0.05) is 20.0 Å². The van der Waals surface area contributed by atoms with Crippen LogP contribution in [0.2, 0.25) is 0 Å². The lowest BCUT2D eigenvalue weighted by molar-refractivity contribution is 1.01. The highest BCUT2D eigenvalue weighted by molar-refractivity contribution is 9.11. The van der Waals surface area contributed by atoms with E-state index in [1.807, 2.05) is 12.1 Å². The van der Waals surface area contributed by atoms with Gasteiger partial charge in [-0.25, -0.2) is 4.98 Å². The molecule has 0 bridgehead atoms. The zero-order chi connectivity index (χ0) is 12.3. The lowest BCUT2D eigenvalue weighted by Gasteiger charge is -2.07. The minimum atomic E-state index is 0.756. The fraction of sp³-hybridized carbons (Fsp3) is 0.250. The Morgan fingerprint density at radius 2 is 2.18 bits per heavy atom. The van der Waals surface area contributed by atoms with Crippen LogP contribution in [0.5, 0.6) is 0 Å². The van der Waals surface area contributed by atoms with Crippen LogP contribution in [0.4, 0.5) is 5.69 Å². The first-order valence-electron chi connectivity index (χ1n) is 5.31. The van der Waals surface area contributed by atoms with Gasteiger partial charge >= 0.3 is 0 Å². The maximum absolute atomic E-state index is 4.52. The van der Waals surface area contributed by atoms with Crippen LogP contribution in [0, 0.1) is 0 Å². The highest BCUT2D eigenvalue weighted by atomic mass is 79.9. The Bertz CT molecular complexity index is 511. The lowest BCUT2D eigenvalue weighted by atomic mass is 10.3. The van der Waals surface area contributed by atoms with E-state index in [9.17, 15) is 0 Å². The van der Waals surface area contributed by atoms with Crippen molar-refractivity contribution in [3.05, 3.63) is 43.2 Å². The molecule has 0 amide bonds. The Morgan fingerprint density at radius 1 is 1.35 bits per heavy atom. The van der Waals surface area contributed by atoms with Crippen molar-refractivity contribution in [3.63, 3.8) is 0 Å². The van der Waals surface area contributed by atoms with Crippen molar-refractivity contribution in [2.24, 2.45) is 0 Å². The summed E-state index contributed by atoms with van der Waals surface area (Å²) in [5.74, 6) is 0. The van der Waals surface area contributed by atoms with Gasteiger partial charge in [-0.15, -0.1) is 11.3 Å². The molecule has 0 unspecified atom stereocenters. The van der Waals surface area contributed by atoms with Crippen molar-refractivity contribution in [1.29, 1.82) is 0 Å². The average Bonchev–Trinajstić information content (AvgIpc) is 2.78. The largest absolute Gasteiger partial charge is 0.378 e. The van der Waals surface area contributed by atoms with Crippen molar-refractivity contribution in [3.8, 4) is 0 Å². The van der Waals surface area contributed by atoms with Crippen LogP contribution in [0.25, 0.3) is 0 Å². The van der Waals surface area contributed by atoms with Gasteiger partial charge < -0.3 is 5.32 Å². The lowest BCUT2D eigenvalue weighted by Crippen LogP contribution is -2.00.